The second-order valence-electron chi connectivity index (χ2n) is 10.0. The topological polar surface area (TPSA) is 139 Å². The highest BCUT2D eigenvalue weighted by Crippen LogP contribution is 2.39. The minimum absolute atomic E-state index is 0.0255. The summed E-state index contributed by atoms with van der Waals surface area (Å²) in [6, 6.07) is 15.3. The SMILES string of the molecule is O=C(NC1CCCCC1)[C@H](c1ccc(O)c(O)c1)N(C(=O)Cn1nnc2ccccc21)c1ccc2c(c1)OCO2. The molecule has 1 aliphatic carbocycles. The third-order valence-corrected chi connectivity index (χ3v) is 7.38. The van der Waals surface area contributed by atoms with Crippen LogP contribution in [0.1, 0.15) is 43.7 Å². The standard InChI is InChI=1S/C29H29N5O6/c35-23-12-10-18(14-24(23)36)28(29(38)30-19-6-2-1-3-7-19)34(20-11-13-25-26(15-20)40-17-39-25)27(37)16-33-22-9-5-4-8-21(22)31-32-33/h4-5,8-15,19,28,35-36H,1-3,6-7,16-17H2,(H,30,38)/t28-/m0/s1. The number of nitrogens with one attached hydrogen (secondary N) is 1. The molecule has 1 saturated carbocycles. The van der Waals surface area contributed by atoms with Crippen LogP contribution >= 0.6 is 0 Å². The third-order valence-electron chi connectivity index (χ3n) is 7.38. The molecule has 0 bridgehead atoms. The minimum Gasteiger partial charge on any atom is -0.504 e. The fourth-order valence-corrected chi connectivity index (χ4v) is 5.37. The molecule has 0 spiro atoms. The molecule has 11 heteroatoms. The van der Waals surface area contributed by atoms with Gasteiger partial charge in [-0.25, -0.2) is 4.68 Å². The van der Waals surface area contributed by atoms with E-state index in [1.54, 1.807) is 24.3 Å². The summed E-state index contributed by atoms with van der Waals surface area (Å²) in [6.45, 7) is -0.151. The number of anilines is 1. The number of fused-ring (bicyclic) bond motifs is 2. The summed E-state index contributed by atoms with van der Waals surface area (Å²) < 4.78 is 12.5. The Morgan fingerprint density at radius 2 is 1.77 bits per heavy atom. The van der Waals surface area contributed by atoms with Gasteiger partial charge in [0.05, 0.1) is 5.52 Å². The molecule has 1 fully saturated rings. The van der Waals surface area contributed by atoms with Gasteiger partial charge in [0.15, 0.2) is 23.0 Å². The van der Waals surface area contributed by atoms with Gasteiger partial charge in [-0.05, 0) is 54.8 Å². The first-order valence-electron chi connectivity index (χ1n) is 13.3. The number of para-hydroxylation sites is 1. The summed E-state index contributed by atoms with van der Waals surface area (Å²) in [6.07, 6.45) is 4.85. The highest BCUT2D eigenvalue weighted by molar-refractivity contribution is 6.02. The first-order chi connectivity index (χ1) is 19.5. The van der Waals surface area contributed by atoms with Crippen molar-refractivity contribution in [2.24, 2.45) is 0 Å². The number of hydrogen-bond donors (Lipinski definition) is 3. The lowest BCUT2D eigenvalue weighted by Crippen LogP contribution is -2.48. The van der Waals surface area contributed by atoms with Gasteiger partial charge in [0.2, 0.25) is 18.6 Å². The molecule has 0 unspecified atom stereocenters. The highest BCUT2D eigenvalue weighted by Gasteiger charge is 2.35. The van der Waals surface area contributed by atoms with Crippen LogP contribution in [-0.2, 0) is 16.1 Å². The monoisotopic (exact) mass is 543 g/mol. The molecule has 11 nitrogen and oxygen atoms in total. The second kappa shape index (κ2) is 10.8. The Kier molecular flexibility index (Phi) is 6.85. The average molecular weight is 544 g/mol. The lowest BCUT2D eigenvalue weighted by atomic mass is 9.94. The fourth-order valence-electron chi connectivity index (χ4n) is 5.37. The molecule has 6 rings (SSSR count). The Morgan fingerprint density at radius 3 is 2.60 bits per heavy atom. The molecular formula is C29H29N5O6. The van der Waals surface area contributed by atoms with Gasteiger partial charge in [0.25, 0.3) is 0 Å². The van der Waals surface area contributed by atoms with Crippen LogP contribution in [0.4, 0.5) is 5.69 Å². The first kappa shape index (κ1) is 25.5. The van der Waals surface area contributed by atoms with Gasteiger partial charge in [0, 0.05) is 17.8 Å². The van der Waals surface area contributed by atoms with E-state index in [2.05, 4.69) is 15.6 Å². The van der Waals surface area contributed by atoms with Crippen molar-refractivity contribution < 1.29 is 29.3 Å². The number of nitrogens with zero attached hydrogens (tertiary/aromatic N) is 4. The molecule has 2 heterocycles. The zero-order valence-electron chi connectivity index (χ0n) is 21.7. The number of phenolic OH excluding ortho intramolecular Hbond substituents is 2. The Hall–Kier alpha value is -4.80. The predicted molar refractivity (Wildman–Crippen MR) is 145 cm³/mol. The van der Waals surface area contributed by atoms with E-state index >= 15 is 0 Å². The van der Waals surface area contributed by atoms with Gasteiger partial charge in [0.1, 0.15) is 18.1 Å². The van der Waals surface area contributed by atoms with Crippen molar-refractivity contribution in [3.63, 3.8) is 0 Å². The van der Waals surface area contributed by atoms with E-state index in [0.717, 1.165) is 32.1 Å². The average Bonchev–Trinajstić information content (AvgIpc) is 3.60. The molecule has 3 aromatic carbocycles. The quantitative estimate of drug-likeness (QED) is 0.299. The minimum atomic E-state index is -1.17. The molecule has 206 valence electrons. The maximum atomic E-state index is 14.2. The summed E-state index contributed by atoms with van der Waals surface area (Å²) >= 11 is 0. The van der Waals surface area contributed by atoms with Crippen LogP contribution in [0.3, 0.4) is 0 Å². The van der Waals surface area contributed by atoms with Crippen molar-refractivity contribution in [2.75, 3.05) is 11.7 Å². The van der Waals surface area contributed by atoms with Crippen molar-refractivity contribution in [1.29, 1.82) is 0 Å². The van der Waals surface area contributed by atoms with Gasteiger partial charge < -0.3 is 25.0 Å². The lowest BCUT2D eigenvalue weighted by Gasteiger charge is -2.33. The zero-order valence-corrected chi connectivity index (χ0v) is 21.7. The maximum Gasteiger partial charge on any atom is 0.249 e. The van der Waals surface area contributed by atoms with Crippen molar-refractivity contribution in [2.45, 2.75) is 50.7 Å². The first-order valence-corrected chi connectivity index (χ1v) is 13.3. The molecule has 1 aromatic heterocycles. The number of hydrogen-bond acceptors (Lipinski definition) is 8. The molecule has 0 radical (unpaired) electrons. The van der Waals surface area contributed by atoms with Gasteiger partial charge in [-0.15, -0.1) is 5.10 Å². The summed E-state index contributed by atoms with van der Waals surface area (Å²) in [5.74, 6) is -0.582. The summed E-state index contributed by atoms with van der Waals surface area (Å²) in [5, 5.41) is 31.8. The Labute approximate surface area is 229 Å². The third kappa shape index (κ3) is 4.97. The molecule has 4 aromatic rings. The molecule has 1 aliphatic heterocycles. The van der Waals surface area contributed by atoms with Crippen LogP contribution in [0.2, 0.25) is 0 Å². The fraction of sp³-hybridized carbons (Fsp3) is 0.310. The molecule has 40 heavy (non-hydrogen) atoms. The lowest BCUT2D eigenvalue weighted by molar-refractivity contribution is -0.127. The number of phenols is 2. The Morgan fingerprint density at radius 1 is 0.975 bits per heavy atom. The molecule has 1 atom stereocenters. The van der Waals surface area contributed by atoms with Gasteiger partial charge >= 0.3 is 0 Å². The van der Waals surface area contributed by atoms with Crippen LogP contribution in [0.25, 0.3) is 11.0 Å². The molecular weight excluding hydrogens is 514 g/mol. The van der Waals surface area contributed by atoms with Crippen LogP contribution in [0.5, 0.6) is 23.0 Å². The number of ether oxygens (including phenoxy) is 2. The number of carbonyl (C=O) groups excluding carboxylic acids is 2. The van der Waals surface area contributed by atoms with E-state index in [4.69, 9.17) is 9.47 Å². The summed E-state index contributed by atoms with van der Waals surface area (Å²) in [7, 11) is 0. The van der Waals surface area contributed by atoms with E-state index in [9.17, 15) is 19.8 Å². The summed E-state index contributed by atoms with van der Waals surface area (Å²) in [4.78, 5) is 29.6. The van der Waals surface area contributed by atoms with E-state index in [1.807, 2.05) is 18.2 Å². The van der Waals surface area contributed by atoms with Crippen LogP contribution in [0, 0.1) is 0 Å². The highest BCUT2D eigenvalue weighted by atomic mass is 16.7. The number of benzene rings is 3. The number of aromatic nitrogens is 3. The van der Waals surface area contributed by atoms with Crippen LogP contribution in [0.15, 0.2) is 60.7 Å². The number of rotatable bonds is 7. The van der Waals surface area contributed by atoms with E-state index in [1.165, 1.54) is 27.8 Å². The smallest absolute Gasteiger partial charge is 0.249 e. The van der Waals surface area contributed by atoms with Crippen molar-refractivity contribution in [3.05, 3.63) is 66.2 Å². The van der Waals surface area contributed by atoms with Crippen molar-refractivity contribution >= 4 is 28.5 Å². The molecule has 2 aliphatic rings. The van der Waals surface area contributed by atoms with Crippen molar-refractivity contribution in [1.82, 2.24) is 20.3 Å². The predicted octanol–water partition coefficient (Wildman–Crippen LogP) is 3.79. The van der Waals surface area contributed by atoms with E-state index in [-0.39, 0.29) is 25.1 Å². The number of carbonyl (C=O) groups is 2. The van der Waals surface area contributed by atoms with Gasteiger partial charge in [-0.3, -0.25) is 14.5 Å². The Bertz CT molecular complexity index is 1560. The summed E-state index contributed by atoms with van der Waals surface area (Å²) in [5.41, 5.74) is 2.04. The molecule has 2 amide bonds. The van der Waals surface area contributed by atoms with E-state index < -0.39 is 23.6 Å². The van der Waals surface area contributed by atoms with E-state index in [0.29, 0.717) is 33.8 Å². The molecule has 0 saturated heterocycles. The number of aromatic hydroxyl groups is 2. The molecule has 3 N–H and O–H groups in total. The maximum absolute atomic E-state index is 14.2. The largest absolute Gasteiger partial charge is 0.504 e. The second-order valence-corrected chi connectivity index (χ2v) is 10.0. The van der Waals surface area contributed by atoms with Crippen LogP contribution < -0.4 is 19.7 Å². The van der Waals surface area contributed by atoms with Crippen LogP contribution in [-0.4, -0.2) is 49.9 Å². The van der Waals surface area contributed by atoms with Gasteiger partial charge in [-0.1, -0.05) is 42.7 Å². The normalized spacial score (nSPS) is 15.6. The Balaban J connectivity index is 1.44. The number of amides is 2. The van der Waals surface area contributed by atoms with Gasteiger partial charge in [-0.2, -0.15) is 0 Å². The van der Waals surface area contributed by atoms with Crippen molar-refractivity contribution in [3.8, 4) is 23.0 Å². The zero-order chi connectivity index (χ0) is 27.6.